The van der Waals surface area contributed by atoms with Gasteiger partial charge in [0.2, 0.25) is 0 Å². The zero-order valence-corrected chi connectivity index (χ0v) is 15.3. The van der Waals surface area contributed by atoms with Crippen molar-refractivity contribution in [2.45, 2.75) is 69.8 Å². The molecule has 4 rings (SSSR count). The van der Waals surface area contributed by atoms with Gasteiger partial charge in [-0.05, 0) is 55.8 Å². The molecule has 0 amide bonds. The zero-order valence-electron chi connectivity index (χ0n) is 15.3. The molecule has 1 aromatic carbocycles. The molecule has 0 spiro atoms. The smallest absolute Gasteiger partial charge is 0.298 e. The van der Waals surface area contributed by atoms with Gasteiger partial charge < -0.3 is 0 Å². The molecule has 144 valence electrons. The predicted molar refractivity (Wildman–Crippen MR) is 96.8 cm³/mol. The Balaban J connectivity index is 1.51. The number of hydrogen-bond acceptors (Lipinski definition) is 2. The lowest BCUT2D eigenvalue weighted by atomic mass is 9.78. The lowest BCUT2D eigenvalue weighted by molar-refractivity contribution is -0.137. The summed E-state index contributed by atoms with van der Waals surface area (Å²) in [5.41, 5.74) is 0.455. The third kappa shape index (κ3) is 3.79. The maximum absolute atomic E-state index is 12.8. The molecule has 0 radical (unpaired) electrons. The number of hydrogen-bond donors (Lipinski definition) is 0. The van der Waals surface area contributed by atoms with Gasteiger partial charge in [-0.3, -0.25) is 9.80 Å². The molecule has 0 N–H and O–H groups in total. The van der Waals surface area contributed by atoms with Gasteiger partial charge in [0.25, 0.3) is 0 Å². The van der Waals surface area contributed by atoms with Crippen LogP contribution in [0.2, 0.25) is 0 Å². The van der Waals surface area contributed by atoms with E-state index in [0.717, 1.165) is 31.1 Å². The highest BCUT2D eigenvalue weighted by Gasteiger charge is 2.42. The molecule has 2 unspecified atom stereocenters. The second-order valence-corrected chi connectivity index (χ2v) is 8.30. The van der Waals surface area contributed by atoms with E-state index in [1.807, 2.05) is 0 Å². The fourth-order valence-electron chi connectivity index (χ4n) is 5.47. The quantitative estimate of drug-likeness (QED) is 0.748. The standard InChI is InChI=1S/C21H29F3N2/c22-21(23,24)18-10-8-16(9-11-18)15-26-14-13-25-12-4-7-19(25)20(26)17-5-2-1-3-6-17/h8-11,17,19-20H,1-7,12-15H2. The number of piperazine rings is 1. The lowest BCUT2D eigenvalue weighted by Crippen LogP contribution is -2.59. The fraction of sp³-hybridized carbons (Fsp3) is 0.714. The first-order chi connectivity index (χ1) is 12.5. The van der Waals surface area contributed by atoms with Crippen molar-refractivity contribution < 1.29 is 13.2 Å². The molecule has 2 heterocycles. The van der Waals surface area contributed by atoms with E-state index >= 15 is 0 Å². The van der Waals surface area contributed by atoms with Gasteiger partial charge in [-0.15, -0.1) is 0 Å². The molecule has 2 nitrogen and oxygen atoms in total. The van der Waals surface area contributed by atoms with Gasteiger partial charge in [0.15, 0.2) is 0 Å². The summed E-state index contributed by atoms with van der Waals surface area (Å²) in [5.74, 6) is 0.754. The van der Waals surface area contributed by atoms with E-state index in [-0.39, 0.29) is 0 Å². The van der Waals surface area contributed by atoms with Crippen LogP contribution in [0.3, 0.4) is 0 Å². The highest BCUT2D eigenvalue weighted by Crippen LogP contribution is 2.38. The molecule has 1 aromatic rings. The van der Waals surface area contributed by atoms with Crippen LogP contribution in [0, 0.1) is 5.92 Å². The molecule has 3 fully saturated rings. The van der Waals surface area contributed by atoms with Crippen molar-refractivity contribution in [3.63, 3.8) is 0 Å². The average Bonchev–Trinajstić information content (AvgIpc) is 3.10. The van der Waals surface area contributed by atoms with Gasteiger partial charge in [0.1, 0.15) is 0 Å². The summed E-state index contributed by atoms with van der Waals surface area (Å²) in [6.07, 6.45) is 4.99. The molecular weight excluding hydrogens is 337 g/mol. The fourth-order valence-corrected chi connectivity index (χ4v) is 5.47. The molecule has 1 aliphatic carbocycles. The van der Waals surface area contributed by atoms with Gasteiger partial charge in [-0.1, -0.05) is 31.4 Å². The molecule has 2 atom stereocenters. The van der Waals surface area contributed by atoms with E-state index in [9.17, 15) is 13.2 Å². The number of rotatable bonds is 3. The van der Waals surface area contributed by atoms with E-state index in [1.165, 1.54) is 63.6 Å². The molecule has 0 aromatic heterocycles. The number of alkyl halides is 3. The Bertz CT molecular complexity index is 592. The second-order valence-electron chi connectivity index (χ2n) is 8.30. The van der Waals surface area contributed by atoms with Crippen molar-refractivity contribution in [2.75, 3.05) is 19.6 Å². The van der Waals surface area contributed by atoms with Gasteiger partial charge in [-0.2, -0.15) is 13.2 Å². The Morgan fingerprint density at radius 3 is 2.27 bits per heavy atom. The highest BCUT2D eigenvalue weighted by molar-refractivity contribution is 5.24. The first-order valence-electron chi connectivity index (χ1n) is 10.2. The van der Waals surface area contributed by atoms with Crippen LogP contribution in [0.15, 0.2) is 24.3 Å². The van der Waals surface area contributed by atoms with Crippen LogP contribution in [-0.2, 0) is 12.7 Å². The molecule has 2 saturated heterocycles. The van der Waals surface area contributed by atoms with Crippen LogP contribution in [0.1, 0.15) is 56.1 Å². The normalized spacial score (nSPS) is 29.0. The molecule has 2 aliphatic heterocycles. The van der Waals surface area contributed by atoms with Gasteiger partial charge >= 0.3 is 6.18 Å². The molecule has 26 heavy (non-hydrogen) atoms. The molecular formula is C21H29F3N2. The SMILES string of the molecule is FC(F)(F)c1ccc(CN2CCN3CCCC3C2C2CCCCC2)cc1. The minimum Gasteiger partial charge on any atom is -0.298 e. The number of nitrogens with zero attached hydrogens (tertiary/aromatic N) is 2. The summed E-state index contributed by atoms with van der Waals surface area (Å²) in [5, 5.41) is 0. The molecule has 3 aliphatic rings. The third-order valence-corrected chi connectivity index (χ3v) is 6.70. The Labute approximate surface area is 154 Å². The van der Waals surface area contributed by atoms with E-state index in [1.54, 1.807) is 12.1 Å². The first kappa shape index (κ1) is 18.3. The van der Waals surface area contributed by atoms with Crippen LogP contribution in [0.4, 0.5) is 13.2 Å². The summed E-state index contributed by atoms with van der Waals surface area (Å²) in [4.78, 5) is 5.26. The van der Waals surface area contributed by atoms with E-state index in [0.29, 0.717) is 12.1 Å². The maximum Gasteiger partial charge on any atom is 0.416 e. The van der Waals surface area contributed by atoms with E-state index in [4.69, 9.17) is 0 Å². The predicted octanol–water partition coefficient (Wildman–Crippen LogP) is 4.93. The van der Waals surface area contributed by atoms with Crippen LogP contribution in [-0.4, -0.2) is 41.5 Å². The number of halogens is 3. The van der Waals surface area contributed by atoms with Crippen molar-refractivity contribution in [1.82, 2.24) is 9.80 Å². The van der Waals surface area contributed by atoms with Crippen LogP contribution in [0.5, 0.6) is 0 Å². The molecule has 0 bridgehead atoms. The third-order valence-electron chi connectivity index (χ3n) is 6.70. The summed E-state index contributed by atoms with van der Waals surface area (Å²) >= 11 is 0. The van der Waals surface area contributed by atoms with E-state index in [2.05, 4.69) is 9.80 Å². The zero-order chi connectivity index (χ0) is 18.1. The van der Waals surface area contributed by atoms with Crippen molar-refractivity contribution in [1.29, 1.82) is 0 Å². The summed E-state index contributed by atoms with van der Waals surface area (Å²) < 4.78 is 38.4. The van der Waals surface area contributed by atoms with Crippen LogP contribution in [0.25, 0.3) is 0 Å². The topological polar surface area (TPSA) is 6.48 Å². The Hall–Kier alpha value is -1.07. The Morgan fingerprint density at radius 1 is 0.846 bits per heavy atom. The Morgan fingerprint density at radius 2 is 1.58 bits per heavy atom. The second kappa shape index (κ2) is 7.51. The Kier molecular flexibility index (Phi) is 5.29. The number of benzene rings is 1. The molecule has 5 heteroatoms. The molecule has 1 saturated carbocycles. The van der Waals surface area contributed by atoms with Gasteiger partial charge in [-0.25, -0.2) is 0 Å². The van der Waals surface area contributed by atoms with Gasteiger partial charge in [0, 0.05) is 31.7 Å². The largest absolute Gasteiger partial charge is 0.416 e. The highest BCUT2D eigenvalue weighted by atomic mass is 19.4. The first-order valence-corrected chi connectivity index (χ1v) is 10.2. The monoisotopic (exact) mass is 366 g/mol. The van der Waals surface area contributed by atoms with Gasteiger partial charge in [0.05, 0.1) is 5.56 Å². The minimum atomic E-state index is -4.25. The van der Waals surface area contributed by atoms with Crippen molar-refractivity contribution >= 4 is 0 Å². The van der Waals surface area contributed by atoms with Crippen LogP contribution >= 0.6 is 0 Å². The van der Waals surface area contributed by atoms with E-state index < -0.39 is 11.7 Å². The lowest BCUT2D eigenvalue weighted by Gasteiger charge is -2.49. The van der Waals surface area contributed by atoms with Crippen molar-refractivity contribution in [3.8, 4) is 0 Å². The maximum atomic E-state index is 12.8. The summed E-state index contributed by atoms with van der Waals surface area (Å²) in [7, 11) is 0. The minimum absolute atomic E-state index is 0.550. The van der Waals surface area contributed by atoms with Crippen LogP contribution < -0.4 is 0 Å². The number of fused-ring (bicyclic) bond motifs is 1. The van der Waals surface area contributed by atoms with Crippen molar-refractivity contribution in [3.05, 3.63) is 35.4 Å². The average molecular weight is 366 g/mol. The summed E-state index contributed by atoms with van der Waals surface area (Å²) in [6, 6.07) is 7.03. The summed E-state index contributed by atoms with van der Waals surface area (Å²) in [6.45, 7) is 4.15. The van der Waals surface area contributed by atoms with Crippen molar-refractivity contribution in [2.24, 2.45) is 5.92 Å².